The molecular weight excluding hydrogens is 254 g/mol. The molecule has 110 valence electrons. The van der Waals surface area contributed by atoms with E-state index in [2.05, 4.69) is 34.6 Å². The zero-order chi connectivity index (χ0) is 14.4. The smallest absolute Gasteiger partial charge is 0.315 e. The van der Waals surface area contributed by atoms with Crippen LogP contribution in [0.4, 0.5) is 4.79 Å². The van der Waals surface area contributed by atoms with Gasteiger partial charge in [-0.25, -0.2) is 4.79 Å². The Hall–Kier alpha value is -1.59. The Morgan fingerprint density at radius 1 is 1.40 bits per heavy atom. The van der Waals surface area contributed by atoms with E-state index in [-0.39, 0.29) is 18.7 Å². The number of carbonyl (C=O) groups is 1. The second kappa shape index (κ2) is 7.26. The van der Waals surface area contributed by atoms with Crippen LogP contribution in [-0.4, -0.2) is 47.8 Å². The highest BCUT2D eigenvalue weighted by Crippen LogP contribution is 2.20. The Labute approximate surface area is 120 Å². The molecule has 1 fully saturated rings. The SMILES string of the molecule is CC1CC(NC(=O)NCCO)CN1Cc1ccccc1. The minimum absolute atomic E-state index is 0.0331. The molecule has 1 aliphatic rings. The zero-order valence-electron chi connectivity index (χ0n) is 11.9. The fourth-order valence-corrected chi connectivity index (χ4v) is 2.65. The highest BCUT2D eigenvalue weighted by Gasteiger charge is 2.29. The first-order chi connectivity index (χ1) is 9.69. The summed E-state index contributed by atoms with van der Waals surface area (Å²) in [6.45, 7) is 4.23. The van der Waals surface area contributed by atoms with E-state index < -0.39 is 0 Å². The van der Waals surface area contributed by atoms with Crippen LogP contribution in [0.5, 0.6) is 0 Å². The number of likely N-dealkylation sites (tertiary alicyclic amines) is 1. The van der Waals surface area contributed by atoms with Crippen molar-refractivity contribution >= 4 is 6.03 Å². The maximum absolute atomic E-state index is 11.6. The van der Waals surface area contributed by atoms with Crippen LogP contribution >= 0.6 is 0 Å². The molecule has 2 amide bonds. The molecular formula is C15H23N3O2. The van der Waals surface area contributed by atoms with E-state index in [1.165, 1.54) is 5.56 Å². The van der Waals surface area contributed by atoms with Crippen molar-refractivity contribution in [3.63, 3.8) is 0 Å². The van der Waals surface area contributed by atoms with Gasteiger partial charge in [0.25, 0.3) is 0 Å². The van der Waals surface area contributed by atoms with Gasteiger partial charge < -0.3 is 15.7 Å². The Balaban J connectivity index is 1.81. The lowest BCUT2D eigenvalue weighted by molar-refractivity contribution is 0.229. The van der Waals surface area contributed by atoms with Crippen LogP contribution in [0.1, 0.15) is 18.9 Å². The lowest BCUT2D eigenvalue weighted by Crippen LogP contribution is -2.44. The maximum Gasteiger partial charge on any atom is 0.315 e. The molecule has 20 heavy (non-hydrogen) atoms. The van der Waals surface area contributed by atoms with Gasteiger partial charge in [0.15, 0.2) is 0 Å². The van der Waals surface area contributed by atoms with E-state index in [4.69, 9.17) is 5.11 Å². The van der Waals surface area contributed by atoms with Gasteiger partial charge in [0.2, 0.25) is 0 Å². The third-order valence-corrected chi connectivity index (χ3v) is 3.66. The number of benzene rings is 1. The van der Waals surface area contributed by atoms with E-state index in [1.807, 2.05) is 18.2 Å². The van der Waals surface area contributed by atoms with E-state index in [1.54, 1.807) is 0 Å². The van der Waals surface area contributed by atoms with E-state index in [0.717, 1.165) is 19.5 Å². The van der Waals surface area contributed by atoms with Crippen molar-refractivity contribution in [2.75, 3.05) is 19.7 Å². The number of nitrogens with one attached hydrogen (secondary N) is 2. The minimum atomic E-state index is -0.196. The molecule has 3 N–H and O–H groups in total. The van der Waals surface area contributed by atoms with Gasteiger partial charge in [-0.05, 0) is 18.9 Å². The number of amides is 2. The predicted molar refractivity (Wildman–Crippen MR) is 78.3 cm³/mol. The van der Waals surface area contributed by atoms with Crippen LogP contribution in [0.3, 0.4) is 0 Å². The summed E-state index contributed by atoms with van der Waals surface area (Å²) < 4.78 is 0. The van der Waals surface area contributed by atoms with Gasteiger partial charge in [-0.3, -0.25) is 4.90 Å². The molecule has 2 atom stereocenters. The third kappa shape index (κ3) is 4.21. The van der Waals surface area contributed by atoms with Crippen LogP contribution in [0.15, 0.2) is 30.3 Å². The number of urea groups is 1. The van der Waals surface area contributed by atoms with Gasteiger partial charge >= 0.3 is 6.03 Å². The van der Waals surface area contributed by atoms with Crippen LogP contribution < -0.4 is 10.6 Å². The molecule has 0 spiro atoms. The van der Waals surface area contributed by atoms with Gasteiger partial charge in [-0.2, -0.15) is 0 Å². The molecule has 0 saturated carbocycles. The number of hydrogen-bond donors (Lipinski definition) is 3. The molecule has 1 saturated heterocycles. The van der Waals surface area contributed by atoms with Crippen molar-refractivity contribution in [1.29, 1.82) is 0 Å². The van der Waals surface area contributed by atoms with Crippen LogP contribution in [-0.2, 0) is 6.54 Å². The van der Waals surface area contributed by atoms with Crippen LogP contribution in [0, 0.1) is 0 Å². The topological polar surface area (TPSA) is 64.6 Å². The number of carbonyl (C=O) groups excluding carboxylic acids is 1. The third-order valence-electron chi connectivity index (χ3n) is 3.66. The molecule has 0 bridgehead atoms. The monoisotopic (exact) mass is 277 g/mol. The summed E-state index contributed by atoms with van der Waals surface area (Å²) in [4.78, 5) is 14.0. The predicted octanol–water partition coefficient (Wildman–Crippen LogP) is 0.941. The number of aliphatic hydroxyl groups is 1. The molecule has 2 rings (SSSR count). The van der Waals surface area contributed by atoms with Gasteiger partial charge in [-0.1, -0.05) is 30.3 Å². The summed E-state index contributed by atoms with van der Waals surface area (Å²) in [5, 5.41) is 14.3. The molecule has 0 aliphatic carbocycles. The quantitative estimate of drug-likeness (QED) is 0.750. The standard InChI is InChI=1S/C15H23N3O2/c1-12-9-14(17-15(20)16-7-8-19)11-18(12)10-13-5-3-2-4-6-13/h2-6,12,14,19H,7-11H2,1H3,(H2,16,17,20). The summed E-state index contributed by atoms with van der Waals surface area (Å²) in [7, 11) is 0. The number of hydrogen-bond acceptors (Lipinski definition) is 3. The van der Waals surface area contributed by atoms with Gasteiger partial charge in [0.1, 0.15) is 0 Å². The van der Waals surface area contributed by atoms with E-state index in [9.17, 15) is 4.79 Å². The van der Waals surface area contributed by atoms with Crippen molar-refractivity contribution in [2.45, 2.75) is 32.0 Å². The van der Waals surface area contributed by atoms with Gasteiger partial charge in [0, 0.05) is 31.7 Å². The molecule has 5 nitrogen and oxygen atoms in total. The molecule has 1 aliphatic heterocycles. The highest BCUT2D eigenvalue weighted by molar-refractivity contribution is 5.74. The fraction of sp³-hybridized carbons (Fsp3) is 0.533. The number of aliphatic hydroxyl groups excluding tert-OH is 1. The highest BCUT2D eigenvalue weighted by atomic mass is 16.3. The number of nitrogens with zero attached hydrogens (tertiary/aromatic N) is 1. The number of rotatable bonds is 5. The second-order valence-electron chi connectivity index (χ2n) is 5.32. The molecule has 5 heteroatoms. The van der Waals surface area contributed by atoms with E-state index >= 15 is 0 Å². The average Bonchev–Trinajstić information content (AvgIpc) is 2.77. The first kappa shape index (κ1) is 14.8. The minimum Gasteiger partial charge on any atom is -0.395 e. The summed E-state index contributed by atoms with van der Waals surface area (Å²) in [6.07, 6.45) is 0.958. The molecule has 0 radical (unpaired) electrons. The Morgan fingerprint density at radius 3 is 2.85 bits per heavy atom. The Morgan fingerprint density at radius 2 is 2.15 bits per heavy atom. The second-order valence-corrected chi connectivity index (χ2v) is 5.32. The van der Waals surface area contributed by atoms with Crippen LogP contribution in [0.25, 0.3) is 0 Å². The molecule has 1 aromatic rings. The lowest BCUT2D eigenvalue weighted by atomic mass is 10.2. The summed E-state index contributed by atoms with van der Waals surface area (Å²) in [5.74, 6) is 0. The van der Waals surface area contributed by atoms with Gasteiger partial charge in [-0.15, -0.1) is 0 Å². The van der Waals surface area contributed by atoms with Gasteiger partial charge in [0.05, 0.1) is 6.61 Å². The maximum atomic E-state index is 11.6. The molecule has 2 unspecified atom stereocenters. The molecule has 1 heterocycles. The molecule has 0 aromatic heterocycles. The normalized spacial score (nSPS) is 22.7. The van der Waals surface area contributed by atoms with Crippen molar-refractivity contribution in [1.82, 2.24) is 15.5 Å². The first-order valence-electron chi connectivity index (χ1n) is 7.12. The molecule has 1 aromatic carbocycles. The summed E-state index contributed by atoms with van der Waals surface area (Å²) >= 11 is 0. The van der Waals surface area contributed by atoms with Crippen molar-refractivity contribution < 1.29 is 9.90 Å². The van der Waals surface area contributed by atoms with Crippen molar-refractivity contribution in [3.05, 3.63) is 35.9 Å². The largest absolute Gasteiger partial charge is 0.395 e. The summed E-state index contributed by atoms with van der Waals surface area (Å²) in [6, 6.07) is 10.8. The average molecular weight is 277 g/mol. The van der Waals surface area contributed by atoms with Crippen LogP contribution in [0.2, 0.25) is 0 Å². The first-order valence-corrected chi connectivity index (χ1v) is 7.12. The Bertz CT molecular complexity index is 424. The van der Waals surface area contributed by atoms with E-state index in [0.29, 0.717) is 12.6 Å². The zero-order valence-corrected chi connectivity index (χ0v) is 11.9. The summed E-state index contributed by atoms with van der Waals surface area (Å²) in [5.41, 5.74) is 1.30. The fourth-order valence-electron chi connectivity index (χ4n) is 2.65. The van der Waals surface area contributed by atoms with Crippen molar-refractivity contribution in [3.8, 4) is 0 Å². The van der Waals surface area contributed by atoms with Crippen molar-refractivity contribution in [2.24, 2.45) is 0 Å². The Kier molecular flexibility index (Phi) is 5.38. The lowest BCUT2D eigenvalue weighted by Gasteiger charge is -2.20.